The monoisotopic (exact) mass is 299 g/mol. The van der Waals surface area contributed by atoms with Crippen LogP contribution in [0.1, 0.15) is 28.6 Å². The second kappa shape index (κ2) is 5.36. The number of hydrogen-bond acceptors (Lipinski definition) is 6. The fourth-order valence-electron chi connectivity index (χ4n) is 2.20. The van der Waals surface area contributed by atoms with Gasteiger partial charge in [-0.1, -0.05) is 0 Å². The molecule has 1 aliphatic heterocycles. The molecule has 7 heteroatoms. The summed E-state index contributed by atoms with van der Waals surface area (Å²) >= 11 is 0. The van der Waals surface area contributed by atoms with Crippen molar-refractivity contribution in [3.63, 3.8) is 0 Å². The number of hydrogen-bond donors (Lipinski definition) is 3. The zero-order valence-corrected chi connectivity index (χ0v) is 11.7. The first-order valence-corrected chi connectivity index (χ1v) is 6.66. The van der Waals surface area contributed by atoms with E-state index in [9.17, 15) is 15.0 Å². The molecule has 0 bridgehead atoms. The third-order valence-corrected chi connectivity index (χ3v) is 3.17. The van der Waals surface area contributed by atoms with Crippen LogP contribution in [0.5, 0.6) is 5.75 Å². The number of aromatic hydroxyl groups is 1. The fourth-order valence-corrected chi connectivity index (χ4v) is 2.20. The Morgan fingerprint density at radius 3 is 3.05 bits per heavy atom. The topological polar surface area (TPSA) is 108 Å². The van der Waals surface area contributed by atoms with Gasteiger partial charge in [0, 0.05) is 30.1 Å². The number of furan rings is 1. The van der Waals surface area contributed by atoms with Crippen molar-refractivity contribution in [2.45, 2.75) is 6.92 Å². The molecule has 112 valence electrons. The van der Waals surface area contributed by atoms with Crippen molar-refractivity contribution in [3.8, 4) is 5.75 Å². The molecule has 0 amide bonds. The van der Waals surface area contributed by atoms with Crippen LogP contribution < -0.4 is 5.32 Å². The van der Waals surface area contributed by atoms with E-state index in [1.54, 1.807) is 31.5 Å². The number of carbonyl (C=O) groups is 1. The lowest BCUT2D eigenvalue weighted by Gasteiger charge is -1.98. The molecular formula is C15H13N3O4. The molecule has 2 aromatic heterocycles. The molecule has 1 aliphatic rings. The number of allylic oxidation sites excluding steroid dienone is 1. The van der Waals surface area contributed by atoms with Crippen molar-refractivity contribution in [2.75, 3.05) is 11.9 Å². The number of pyridine rings is 1. The lowest BCUT2D eigenvalue weighted by atomic mass is 10.1. The number of carboxylic acids is 1. The number of aromatic nitrogens is 1. The molecule has 0 saturated heterocycles. The molecule has 3 heterocycles. The molecule has 7 nitrogen and oxygen atoms in total. The zero-order chi connectivity index (χ0) is 15.7. The Balaban J connectivity index is 2.07. The Kier molecular flexibility index (Phi) is 3.38. The maximum atomic E-state index is 11.2. The van der Waals surface area contributed by atoms with E-state index in [1.807, 2.05) is 6.07 Å². The third-order valence-electron chi connectivity index (χ3n) is 3.17. The van der Waals surface area contributed by atoms with Gasteiger partial charge in [-0.15, -0.1) is 0 Å². The van der Waals surface area contributed by atoms with Gasteiger partial charge < -0.3 is 19.9 Å². The van der Waals surface area contributed by atoms with E-state index in [0.29, 0.717) is 17.9 Å². The molecule has 2 aromatic rings. The van der Waals surface area contributed by atoms with Crippen molar-refractivity contribution in [2.24, 2.45) is 4.99 Å². The highest BCUT2D eigenvalue weighted by Gasteiger charge is 2.25. The number of fused-ring (bicyclic) bond motifs is 1. The lowest BCUT2D eigenvalue weighted by molar-refractivity contribution is 0.0694. The summed E-state index contributed by atoms with van der Waals surface area (Å²) < 4.78 is 5.42. The second-order valence-corrected chi connectivity index (χ2v) is 4.59. The highest BCUT2D eigenvalue weighted by molar-refractivity contribution is 6.21. The molecular weight excluding hydrogens is 286 g/mol. The highest BCUT2D eigenvalue weighted by Crippen LogP contribution is 2.37. The van der Waals surface area contributed by atoms with E-state index < -0.39 is 11.7 Å². The SMILES string of the molecule is CCNc1oc(C=C2C=Nc3ncccc32)c(O)c1C(=O)O. The number of rotatable bonds is 4. The van der Waals surface area contributed by atoms with E-state index >= 15 is 0 Å². The first-order valence-electron chi connectivity index (χ1n) is 6.66. The number of nitrogens with one attached hydrogen (secondary N) is 1. The highest BCUT2D eigenvalue weighted by atomic mass is 16.4. The van der Waals surface area contributed by atoms with Crippen LogP contribution in [-0.2, 0) is 0 Å². The van der Waals surface area contributed by atoms with Gasteiger partial charge in [0.15, 0.2) is 22.9 Å². The summed E-state index contributed by atoms with van der Waals surface area (Å²) in [6.45, 7) is 2.27. The summed E-state index contributed by atoms with van der Waals surface area (Å²) in [5.74, 6) is -1.01. The van der Waals surface area contributed by atoms with Crippen molar-refractivity contribution in [1.29, 1.82) is 0 Å². The first-order chi connectivity index (χ1) is 10.6. The molecule has 0 aliphatic carbocycles. The number of aromatic carboxylic acids is 1. The van der Waals surface area contributed by atoms with Gasteiger partial charge >= 0.3 is 5.97 Å². The maximum Gasteiger partial charge on any atom is 0.345 e. The van der Waals surface area contributed by atoms with Crippen molar-refractivity contribution < 1.29 is 19.4 Å². The number of aliphatic imine (C=N–C) groups is 1. The number of nitrogens with zero attached hydrogens (tertiary/aromatic N) is 2. The summed E-state index contributed by atoms with van der Waals surface area (Å²) in [7, 11) is 0. The van der Waals surface area contributed by atoms with Gasteiger partial charge in [0.1, 0.15) is 0 Å². The van der Waals surface area contributed by atoms with Crippen LogP contribution in [0, 0.1) is 0 Å². The van der Waals surface area contributed by atoms with E-state index in [2.05, 4.69) is 15.3 Å². The van der Waals surface area contributed by atoms with Crippen molar-refractivity contribution in [1.82, 2.24) is 4.98 Å². The summed E-state index contributed by atoms with van der Waals surface area (Å²) in [6.07, 6.45) is 4.77. The Hall–Kier alpha value is -3.09. The zero-order valence-electron chi connectivity index (χ0n) is 11.7. The Morgan fingerprint density at radius 1 is 1.50 bits per heavy atom. The standard InChI is InChI=1S/C15H13N3O4/c1-2-16-14-11(15(20)21)12(19)10(22-14)6-8-7-18-13-9(8)4-3-5-17-13/h3-7,16,19H,2H2,1H3,(H,20,21). The molecule has 3 rings (SSSR count). The first kappa shape index (κ1) is 13.9. The predicted octanol–water partition coefficient (Wildman–Crippen LogP) is 2.77. The molecule has 0 spiro atoms. The maximum absolute atomic E-state index is 11.2. The van der Waals surface area contributed by atoms with Gasteiger partial charge in [0.25, 0.3) is 0 Å². The average molecular weight is 299 g/mol. The molecule has 0 fully saturated rings. The summed E-state index contributed by atoms with van der Waals surface area (Å²) in [4.78, 5) is 19.5. The molecule has 0 aromatic carbocycles. The number of carboxylic acid groups (broad SMARTS) is 1. The number of anilines is 1. The van der Waals surface area contributed by atoms with E-state index in [4.69, 9.17) is 4.42 Å². The quantitative estimate of drug-likeness (QED) is 0.801. The molecule has 0 saturated carbocycles. The molecule has 0 unspecified atom stereocenters. The van der Waals surface area contributed by atoms with Crippen LogP contribution in [0.2, 0.25) is 0 Å². The largest absolute Gasteiger partial charge is 0.504 e. The average Bonchev–Trinajstić information content (AvgIpc) is 3.02. The van der Waals surface area contributed by atoms with Crippen LogP contribution in [0.3, 0.4) is 0 Å². The lowest BCUT2D eigenvalue weighted by Crippen LogP contribution is -2.02. The molecule has 0 atom stereocenters. The Morgan fingerprint density at radius 2 is 2.32 bits per heavy atom. The third kappa shape index (κ3) is 2.22. The minimum atomic E-state index is -1.26. The van der Waals surface area contributed by atoms with E-state index in [0.717, 1.165) is 5.56 Å². The van der Waals surface area contributed by atoms with Crippen LogP contribution in [-0.4, -0.2) is 33.9 Å². The normalized spacial score (nSPS) is 14.3. The minimum absolute atomic E-state index is 0.0284. The van der Waals surface area contributed by atoms with Gasteiger partial charge in [0.2, 0.25) is 5.88 Å². The van der Waals surface area contributed by atoms with E-state index in [1.165, 1.54) is 0 Å². The van der Waals surface area contributed by atoms with Crippen LogP contribution in [0.4, 0.5) is 11.7 Å². The fraction of sp³-hybridized carbons (Fsp3) is 0.133. The smallest absolute Gasteiger partial charge is 0.345 e. The van der Waals surface area contributed by atoms with Crippen molar-refractivity contribution in [3.05, 3.63) is 35.2 Å². The Labute approximate surface area is 125 Å². The Bertz CT molecular complexity index is 805. The summed E-state index contributed by atoms with van der Waals surface area (Å²) in [5.41, 5.74) is 1.20. The predicted molar refractivity (Wildman–Crippen MR) is 81.8 cm³/mol. The van der Waals surface area contributed by atoms with Crippen molar-refractivity contribution >= 4 is 35.5 Å². The summed E-state index contributed by atoms with van der Waals surface area (Å²) in [5, 5.41) is 22.1. The van der Waals surface area contributed by atoms with Gasteiger partial charge in [-0.05, 0) is 25.1 Å². The molecule has 3 N–H and O–H groups in total. The minimum Gasteiger partial charge on any atom is -0.504 e. The second-order valence-electron chi connectivity index (χ2n) is 4.59. The molecule has 22 heavy (non-hydrogen) atoms. The van der Waals surface area contributed by atoms with E-state index in [-0.39, 0.29) is 17.2 Å². The van der Waals surface area contributed by atoms with Gasteiger partial charge in [-0.3, -0.25) is 0 Å². The summed E-state index contributed by atoms with van der Waals surface area (Å²) in [6, 6.07) is 3.61. The van der Waals surface area contributed by atoms with Gasteiger partial charge in [-0.25, -0.2) is 14.8 Å². The van der Waals surface area contributed by atoms with Gasteiger partial charge in [0.05, 0.1) is 0 Å². The van der Waals surface area contributed by atoms with Gasteiger partial charge in [-0.2, -0.15) is 0 Å². The van der Waals surface area contributed by atoms with Crippen LogP contribution in [0.25, 0.3) is 11.6 Å². The van der Waals surface area contributed by atoms with Crippen LogP contribution >= 0.6 is 0 Å². The van der Waals surface area contributed by atoms with Crippen LogP contribution in [0.15, 0.2) is 27.7 Å². The molecule has 0 radical (unpaired) electrons.